The molecular weight excluding hydrogens is 414 g/mol. The van der Waals surface area contributed by atoms with Gasteiger partial charge in [-0.2, -0.15) is 0 Å². The minimum Gasteiger partial charge on any atom is -0.303 e. The Morgan fingerprint density at radius 1 is 0.912 bits per heavy atom. The van der Waals surface area contributed by atoms with E-state index in [0.29, 0.717) is 34.0 Å². The van der Waals surface area contributed by atoms with Crippen LogP contribution in [0.5, 0.6) is 0 Å². The Kier molecular flexibility index (Phi) is 5.69. The van der Waals surface area contributed by atoms with Crippen molar-refractivity contribution in [3.63, 3.8) is 0 Å². The predicted octanol–water partition coefficient (Wildman–Crippen LogP) is 7.69. The van der Waals surface area contributed by atoms with E-state index in [9.17, 15) is 4.79 Å². The second-order valence-corrected chi connectivity index (χ2v) is 14.7. The molecule has 0 unspecified atom stereocenters. The molecular formula is C32H51NO. The molecule has 1 aliphatic heterocycles. The normalized spacial score (nSPS) is 52.0. The second kappa shape index (κ2) is 7.80. The van der Waals surface area contributed by atoms with Gasteiger partial charge in [0.05, 0.1) is 0 Å². The fourth-order valence-electron chi connectivity index (χ4n) is 11.6. The molecule has 0 aromatic heterocycles. The van der Waals surface area contributed by atoms with E-state index in [-0.39, 0.29) is 11.0 Å². The van der Waals surface area contributed by atoms with E-state index in [1.807, 2.05) is 0 Å². The number of hydrogen-bond donors (Lipinski definition) is 0. The van der Waals surface area contributed by atoms with Crippen LogP contribution in [0.25, 0.3) is 0 Å². The number of likely N-dealkylation sites (tertiary alicyclic amines) is 1. The average Bonchev–Trinajstić information content (AvgIpc) is 3.17. The molecule has 0 aromatic rings. The van der Waals surface area contributed by atoms with E-state index < -0.39 is 0 Å². The van der Waals surface area contributed by atoms with Gasteiger partial charge in [-0.15, -0.1) is 6.58 Å². The number of rotatable bonds is 4. The standard InChI is InChI=1S/C32H51NO/c1-9-19-33-20-18-29(6)25(28(33,4)5)13-14-31(8)26(29)11-10-24-27-23(22(2)3)12-15-32(27,21-34)17-16-30(24,31)7/h9,21,23-27H,1-2,10-20H2,3-8H3/t23-,24+,25-,26+,27+,29-,30+,31+,32+/m0/s1. The molecule has 0 aromatic carbocycles. The number of allylic oxidation sites excluding steroid dienone is 1. The summed E-state index contributed by atoms with van der Waals surface area (Å²) in [5, 5.41) is 0. The van der Waals surface area contributed by atoms with Gasteiger partial charge in [-0.3, -0.25) is 4.90 Å². The van der Waals surface area contributed by atoms with E-state index >= 15 is 0 Å². The van der Waals surface area contributed by atoms with Crippen LogP contribution in [0.2, 0.25) is 0 Å². The van der Waals surface area contributed by atoms with Crippen molar-refractivity contribution in [1.29, 1.82) is 0 Å². The highest BCUT2D eigenvalue weighted by atomic mass is 16.1. The smallest absolute Gasteiger partial charge is 0.126 e. The van der Waals surface area contributed by atoms with Crippen LogP contribution < -0.4 is 0 Å². The van der Waals surface area contributed by atoms with Gasteiger partial charge in [-0.25, -0.2) is 0 Å². The summed E-state index contributed by atoms with van der Waals surface area (Å²) < 4.78 is 0. The third-order valence-electron chi connectivity index (χ3n) is 13.6. The third-order valence-corrected chi connectivity index (χ3v) is 13.6. The zero-order chi connectivity index (χ0) is 24.7. The number of piperidine rings is 1. The molecule has 4 saturated carbocycles. The maximum Gasteiger partial charge on any atom is 0.126 e. The minimum atomic E-state index is -0.0733. The Hall–Kier alpha value is -0.890. The van der Waals surface area contributed by atoms with Crippen molar-refractivity contribution in [1.82, 2.24) is 4.90 Å². The van der Waals surface area contributed by atoms with Crippen LogP contribution in [0.4, 0.5) is 0 Å². The SMILES string of the molecule is C=CCN1CC[C@]2(C)[C@H]3CC[C@@H]4[C@H]5[C@H](C(=C)C)CC[C@]5(C=O)CC[C@@]4(C)[C@]3(C)CC[C@H]2C1(C)C. The highest BCUT2D eigenvalue weighted by molar-refractivity contribution is 5.62. The van der Waals surface area contributed by atoms with E-state index in [4.69, 9.17) is 0 Å². The van der Waals surface area contributed by atoms with Crippen LogP contribution in [0, 0.1) is 51.2 Å². The Morgan fingerprint density at radius 3 is 2.29 bits per heavy atom. The van der Waals surface area contributed by atoms with Gasteiger partial charge in [0, 0.05) is 17.5 Å². The van der Waals surface area contributed by atoms with Crippen molar-refractivity contribution in [2.24, 2.45) is 51.2 Å². The van der Waals surface area contributed by atoms with Gasteiger partial charge in [0.1, 0.15) is 6.29 Å². The molecule has 0 N–H and O–H groups in total. The first kappa shape index (κ1) is 24.8. The van der Waals surface area contributed by atoms with Crippen LogP contribution in [-0.2, 0) is 4.79 Å². The third kappa shape index (κ3) is 2.93. The summed E-state index contributed by atoms with van der Waals surface area (Å²) in [6.07, 6.45) is 14.8. The summed E-state index contributed by atoms with van der Waals surface area (Å²) in [7, 11) is 0. The van der Waals surface area contributed by atoms with E-state index in [2.05, 4.69) is 65.7 Å². The highest BCUT2D eigenvalue weighted by Gasteiger charge is 2.70. The van der Waals surface area contributed by atoms with Gasteiger partial charge in [0.2, 0.25) is 0 Å². The Balaban J connectivity index is 1.53. The molecule has 5 fully saturated rings. The van der Waals surface area contributed by atoms with Crippen molar-refractivity contribution in [3.8, 4) is 0 Å². The maximum absolute atomic E-state index is 12.6. The number of hydrogen-bond acceptors (Lipinski definition) is 2. The molecule has 1 saturated heterocycles. The van der Waals surface area contributed by atoms with Crippen molar-refractivity contribution in [2.45, 2.75) is 105 Å². The highest BCUT2D eigenvalue weighted by Crippen LogP contribution is 2.76. The van der Waals surface area contributed by atoms with Crippen LogP contribution >= 0.6 is 0 Å². The van der Waals surface area contributed by atoms with Gasteiger partial charge >= 0.3 is 0 Å². The first-order chi connectivity index (χ1) is 15.9. The molecule has 4 aliphatic carbocycles. The summed E-state index contributed by atoms with van der Waals surface area (Å²) in [6, 6.07) is 0. The topological polar surface area (TPSA) is 20.3 Å². The molecule has 190 valence electrons. The molecule has 0 amide bonds. The van der Waals surface area contributed by atoms with Gasteiger partial charge in [-0.05, 0) is 131 Å². The summed E-state index contributed by atoms with van der Waals surface area (Å²) in [6.45, 7) is 26.0. The zero-order valence-corrected chi connectivity index (χ0v) is 23.1. The van der Waals surface area contributed by atoms with Gasteiger partial charge in [-0.1, -0.05) is 39.0 Å². The van der Waals surface area contributed by atoms with E-state index in [1.54, 1.807) is 0 Å². The predicted molar refractivity (Wildman–Crippen MR) is 142 cm³/mol. The van der Waals surface area contributed by atoms with Gasteiger partial charge in [0.15, 0.2) is 0 Å². The van der Waals surface area contributed by atoms with Gasteiger partial charge < -0.3 is 4.79 Å². The fraction of sp³-hybridized carbons (Fsp3) is 0.844. The van der Waals surface area contributed by atoms with Crippen molar-refractivity contribution < 1.29 is 4.79 Å². The Morgan fingerprint density at radius 2 is 1.65 bits per heavy atom. The summed E-state index contributed by atoms with van der Waals surface area (Å²) >= 11 is 0. The van der Waals surface area contributed by atoms with Crippen LogP contribution in [-0.4, -0.2) is 29.8 Å². The Bertz CT molecular complexity index is 874. The lowest BCUT2D eigenvalue weighted by atomic mass is 9.33. The molecule has 0 spiro atoms. The molecule has 5 rings (SSSR count). The first-order valence-electron chi connectivity index (χ1n) is 14.4. The van der Waals surface area contributed by atoms with Crippen LogP contribution in [0.15, 0.2) is 24.8 Å². The monoisotopic (exact) mass is 465 g/mol. The number of carbonyl (C=O) groups is 1. The van der Waals surface area contributed by atoms with Crippen LogP contribution in [0.1, 0.15) is 99.3 Å². The molecule has 5 aliphatic rings. The van der Waals surface area contributed by atoms with Crippen molar-refractivity contribution in [3.05, 3.63) is 24.8 Å². The number of carbonyl (C=O) groups excluding carboxylic acids is 1. The lowest BCUT2D eigenvalue weighted by Crippen LogP contribution is -2.69. The lowest BCUT2D eigenvalue weighted by molar-refractivity contribution is -0.239. The van der Waals surface area contributed by atoms with E-state index in [1.165, 1.54) is 63.3 Å². The Labute approximate surface area is 210 Å². The number of nitrogens with zero attached hydrogens (tertiary/aromatic N) is 1. The second-order valence-electron chi connectivity index (χ2n) is 14.7. The summed E-state index contributed by atoms with van der Waals surface area (Å²) in [5.74, 6) is 3.28. The number of fused-ring (bicyclic) bond motifs is 7. The van der Waals surface area contributed by atoms with Crippen molar-refractivity contribution >= 4 is 6.29 Å². The largest absolute Gasteiger partial charge is 0.303 e. The molecule has 2 nitrogen and oxygen atoms in total. The molecule has 1 heterocycles. The van der Waals surface area contributed by atoms with Crippen molar-refractivity contribution in [2.75, 3.05) is 13.1 Å². The summed E-state index contributed by atoms with van der Waals surface area (Å²) in [5.41, 5.74) is 2.60. The molecule has 2 heteroatoms. The fourth-order valence-corrected chi connectivity index (χ4v) is 11.6. The summed E-state index contributed by atoms with van der Waals surface area (Å²) in [4.78, 5) is 15.3. The van der Waals surface area contributed by atoms with Crippen LogP contribution in [0.3, 0.4) is 0 Å². The number of aldehydes is 1. The van der Waals surface area contributed by atoms with E-state index in [0.717, 1.165) is 31.2 Å². The average molecular weight is 466 g/mol. The lowest BCUT2D eigenvalue weighted by Gasteiger charge is -2.73. The molecule has 9 atom stereocenters. The molecule has 0 bridgehead atoms. The first-order valence-corrected chi connectivity index (χ1v) is 14.4. The quantitative estimate of drug-likeness (QED) is 0.313. The van der Waals surface area contributed by atoms with Gasteiger partial charge in [0.25, 0.3) is 0 Å². The minimum absolute atomic E-state index is 0.0733. The molecule has 0 radical (unpaired) electrons. The molecule has 34 heavy (non-hydrogen) atoms. The maximum atomic E-state index is 12.6. The zero-order valence-electron chi connectivity index (χ0n) is 23.1.